The van der Waals surface area contributed by atoms with Crippen LogP contribution >= 0.6 is 0 Å². The van der Waals surface area contributed by atoms with Gasteiger partial charge >= 0.3 is 0 Å². The molecule has 1 saturated carbocycles. The maximum atomic E-state index is 11.6. The van der Waals surface area contributed by atoms with E-state index in [2.05, 4.69) is 0 Å². The predicted octanol–water partition coefficient (Wildman–Crippen LogP) is 0.906. The molecular weight excluding hydrogens is 238 g/mol. The molecule has 2 rings (SSSR count). The lowest BCUT2D eigenvalue weighted by Crippen LogP contribution is -2.14. The minimum Gasteiger partial charge on any atom is -0.302 e. The Morgan fingerprint density at radius 3 is 2.29 bits per heavy atom. The molecule has 0 unspecified atom stereocenters. The zero-order valence-electron chi connectivity index (χ0n) is 9.20. The normalized spacial score (nSPS) is 31.5. The first-order chi connectivity index (χ1) is 7.97. The molecule has 4 nitrogen and oxygen atoms in total. The summed E-state index contributed by atoms with van der Waals surface area (Å²) in [6, 6.07) is 10.7. The maximum absolute atomic E-state index is 11.6. The van der Waals surface area contributed by atoms with E-state index in [1.54, 1.807) is 30.3 Å². The van der Waals surface area contributed by atoms with Crippen LogP contribution in [-0.4, -0.2) is 26.2 Å². The molecule has 88 valence electrons. The van der Waals surface area contributed by atoms with Crippen LogP contribution in [0.1, 0.15) is 11.5 Å². The molecule has 0 amide bonds. The standard InChI is InChI=1S/C12H11NO3S/c1-17(15,16)11-10(12(11,7-13)8-14)9-5-3-2-4-6-9/h2-6,8,10-11H,1H3/t10-,11-,12+/m1/s1. The van der Waals surface area contributed by atoms with Gasteiger partial charge in [-0.05, 0) is 5.56 Å². The number of nitrogens with zero attached hydrogens (tertiary/aromatic N) is 1. The SMILES string of the molecule is CS(=O)(=O)[C@@H]1[C@@H](c2ccccc2)[C@]1(C#N)C=O. The summed E-state index contributed by atoms with van der Waals surface area (Å²) in [6.07, 6.45) is 1.53. The van der Waals surface area contributed by atoms with Crippen LogP contribution in [0.3, 0.4) is 0 Å². The molecule has 1 aliphatic carbocycles. The maximum Gasteiger partial charge on any atom is 0.153 e. The number of hydrogen-bond donors (Lipinski definition) is 0. The van der Waals surface area contributed by atoms with Gasteiger partial charge in [-0.15, -0.1) is 0 Å². The fraction of sp³-hybridized carbons (Fsp3) is 0.333. The molecule has 0 spiro atoms. The summed E-state index contributed by atoms with van der Waals surface area (Å²) in [5.74, 6) is -0.541. The van der Waals surface area contributed by atoms with Crippen molar-refractivity contribution >= 4 is 16.1 Å². The van der Waals surface area contributed by atoms with Crippen molar-refractivity contribution in [2.75, 3.05) is 6.26 Å². The first-order valence-electron chi connectivity index (χ1n) is 5.09. The van der Waals surface area contributed by atoms with E-state index in [0.29, 0.717) is 6.29 Å². The van der Waals surface area contributed by atoms with Gasteiger partial charge in [0, 0.05) is 12.2 Å². The highest BCUT2D eigenvalue weighted by atomic mass is 32.2. The van der Waals surface area contributed by atoms with E-state index in [4.69, 9.17) is 5.26 Å². The van der Waals surface area contributed by atoms with E-state index < -0.39 is 26.4 Å². The van der Waals surface area contributed by atoms with Crippen molar-refractivity contribution in [3.8, 4) is 6.07 Å². The summed E-state index contributed by atoms with van der Waals surface area (Å²) in [4.78, 5) is 11.1. The number of sulfone groups is 1. The number of carbonyl (C=O) groups excluding carboxylic acids is 1. The van der Waals surface area contributed by atoms with Crippen molar-refractivity contribution in [3.05, 3.63) is 35.9 Å². The van der Waals surface area contributed by atoms with Gasteiger partial charge in [0.05, 0.1) is 11.3 Å². The largest absolute Gasteiger partial charge is 0.302 e. The number of aldehydes is 1. The molecule has 0 aromatic heterocycles. The van der Waals surface area contributed by atoms with Crippen molar-refractivity contribution < 1.29 is 13.2 Å². The Hall–Kier alpha value is -1.67. The van der Waals surface area contributed by atoms with Gasteiger partial charge in [-0.2, -0.15) is 5.26 Å². The second kappa shape index (κ2) is 3.67. The number of rotatable bonds is 3. The number of hydrogen-bond acceptors (Lipinski definition) is 4. The van der Waals surface area contributed by atoms with E-state index >= 15 is 0 Å². The summed E-state index contributed by atoms with van der Waals surface area (Å²) in [7, 11) is -3.41. The van der Waals surface area contributed by atoms with Crippen LogP contribution in [0.15, 0.2) is 30.3 Å². The van der Waals surface area contributed by atoms with Crippen molar-refractivity contribution in [3.63, 3.8) is 0 Å². The van der Waals surface area contributed by atoms with Crippen LogP contribution in [0.25, 0.3) is 0 Å². The van der Waals surface area contributed by atoms with Gasteiger partial charge in [0.2, 0.25) is 0 Å². The van der Waals surface area contributed by atoms with Gasteiger partial charge < -0.3 is 4.79 Å². The summed E-state index contributed by atoms with van der Waals surface area (Å²) >= 11 is 0. The fourth-order valence-electron chi connectivity index (χ4n) is 2.39. The molecule has 1 aromatic carbocycles. The molecule has 1 fully saturated rings. The lowest BCUT2D eigenvalue weighted by atomic mass is 10.0. The number of benzene rings is 1. The van der Waals surface area contributed by atoms with Gasteiger partial charge in [0.25, 0.3) is 0 Å². The Balaban J connectivity index is 2.50. The number of carbonyl (C=O) groups is 1. The van der Waals surface area contributed by atoms with E-state index in [9.17, 15) is 13.2 Å². The van der Waals surface area contributed by atoms with E-state index in [1.165, 1.54) is 0 Å². The molecule has 0 radical (unpaired) electrons. The van der Waals surface area contributed by atoms with Crippen LogP contribution in [-0.2, 0) is 14.6 Å². The quantitative estimate of drug-likeness (QED) is 0.746. The van der Waals surface area contributed by atoms with Crippen LogP contribution in [0.5, 0.6) is 0 Å². The minimum atomic E-state index is -3.41. The first-order valence-corrected chi connectivity index (χ1v) is 7.04. The average molecular weight is 249 g/mol. The van der Waals surface area contributed by atoms with Crippen molar-refractivity contribution in [2.24, 2.45) is 5.41 Å². The van der Waals surface area contributed by atoms with Crippen LogP contribution < -0.4 is 0 Å². The second-order valence-corrected chi connectivity index (χ2v) is 6.47. The third-order valence-corrected chi connectivity index (χ3v) is 4.77. The van der Waals surface area contributed by atoms with E-state index in [1.807, 2.05) is 6.07 Å². The molecule has 0 N–H and O–H groups in total. The van der Waals surface area contributed by atoms with Crippen molar-refractivity contribution in [1.29, 1.82) is 5.26 Å². The lowest BCUT2D eigenvalue weighted by Gasteiger charge is -1.98. The molecule has 1 aliphatic rings. The van der Waals surface area contributed by atoms with Gasteiger partial charge in [-0.1, -0.05) is 30.3 Å². The third-order valence-electron chi connectivity index (χ3n) is 3.19. The lowest BCUT2D eigenvalue weighted by molar-refractivity contribution is -0.110. The molecule has 0 aliphatic heterocycles. The highest BCUT2D eigenvalue weighted by Crippen LogP contribution is 2.61. The minimum absolute atomic E-state index is 0.469. The van der Waals surface area contributed by atoms with Crippen LogP contribution in [0.4, 0.5) is 0 Å². The van der Waals surface area contributed by atoms with Gasteiger partial charge in [0.1, 0.15) is 11.7 Å². The fourth-order valence-corrected chi connectivity index (χ4v) is 4.15. The first kappa shape index (κ1) is 11.8. The zero-order valence-corrected chi connectivity index (χ0v) is 10.0. The van der Waals surface area contributed by atoms with Crippen molar-refractivity contribution in [2.45, 2.75) is 11.2 Å². The van der Waals surface area contributed by atoms with Gasteiger partial charge in [-0.3, -0.25) is 0 Å². The second-order valence-electron chi connectivity index (χ2n) is 4.30. The Labute approximate surface area is 99.8 Å². The zero-order chi connectivity index (χ0) is 12.7. The van der Waals surface area contributed by atoms with Crippen LogP contribution in [0.2, 0.25) is 0 Å². The summed E-state index contributed by atoms with van der Waals surface area (Å²) in [5, 5.41) is 8.16. The Bertz CT molecular complexity index is 588. The van der Waals surface area contributed by atoms with E-state index in [0.717, 1.165) is 11.8 Å². The average Bonchev–Trinajstić information content (AvgIpc) is 3.00. The third kappa shape index (κ3) is 1.65. The van der Waals surface area contributed by atoms with E-state index in [-0.39, 0.29) is 0 Å². The van der Waals surface area contributed by atoms with Gasteiger partial charge in [0.15, 0.2) is 9.84 Å². The summed E-state index contributed by atoms with van der Waals surface area (Å²) < 4.78 is 23.2. The Morgan fingerprint density at radius 1 is 1.35 bits per heavy atom. The monoisotopic (exact) mass is 249 g/mol. The molecule has 1 aromatic rings. The molecule has 3 atom stereocenters. The Morgan fingerprint density at radius 2 is 1.94 bits per heavy atom. The summed E-state index contributed by atoms with van der Waals surface area (Å²) in [5.41, 5.74) is -0.689. The molecule has 17 heavy (non-hydrogen) atoms. The number of nitriles is 1. The summed E-state index contributed by atoms with van der Waals surface area (Å²) in [6.45, 7) is 0. The highest BCUT2D eigenvalue weighted by Gasteiger charge is 2.71. The van der Waals surface area contributed by atoms with Gasteiger partial charge in [-0.25, -0.2) is 8.42 Å². The molecule has 0 bridgehead atoms. The molecule has 5 heteroatoms. The molecular formula is C12H11NO3S. The Kier molecular flexibility index (Phi) is 2.55. The smallest absolute Gasteiger partial charge is 0.153 e. The topological polar surface area (TPSA) is 75.0 Å². The van der Waals surface area contributed by atoms with Crippen LogP contribution in [0, 0.1) is 16.7 Å². The molecule has 0 heterocycles. The highest BCUT2D eigenvalue weighted by molar-refractivity contribution is 7.91. The predicted molar refractivity (Wildman–Crippen MR) is 61.9 cm³/mol. The molecule has 0 saturated heterocycles. The van der Waals surface area contributed by atoms with Crippen molar-refractivity contribution in [1.82, 2.24) is 0 Å².